The first-order chi connectivity index (χ1) is 12.6. The van der Waals surface area contributed by atoms with E-state index in [0.717, 1.165) is 23.5 Å². The number of nitrogens with zero attached hydrogens (tertiary/aromatic N) is 4. The number of nitrogens with two attached hydrogens (primary N) is 1. The Morgan fingerprint density at radius 2 is 2.08 bits per heavy atom. The molecule has 0 atom stereocenters. The average molecular weight is 375 g/mol. The van der Waals surface area contributed by atoms with Crippen LogP contribution in [0.2, 0.25) is 0 Å². The van der Waals surface area contributed by atoms with E-state index >= 15 is 0 Å². The molecule has 0 bridgehead atoms. The van der Waals surface area contributed by atoms with E-state index < -0.39 is 4.92 Å². The molecular formula is C16H17N5O4S. The number of hydrogen-bond acceptors (Lipinski definition) is 8. The van der Waals surface area contributed by atoms with Gasteiger partial charge in [-0.15, -0.1) is 10.2 Å². The van der Waals surface area contributed by atoms with Gasteiger partial charge in [0.2, 0.25) is 5.16 Å². The first-order valence-corrected chi connectivity index (χ1v) is 8.80. The van der Waals surface area contributed by atoms with Gasteiger partial charge in [-0.1, -0.05) is 11.8 Å². The fourth-order valence-electron chi connectivity index (χ4n) is 2.25. The van der Waals surface area contributed by atoms with E-state index in [-0.39, 0.29) is 5.69 Å². The molecule has 3 aromatic rings. The van der Waals surface area contributed by atoms with Crippen molar-refractivity contribution < 1.29 is 14.1 Å². The molecule has 2 N–H and O–H groups in total. The maximum atomic E-state index is 10.6. The van der Waals surface area contributed by atoms with Gasteiger partial charge in [-0.3, -0.25) is 10.1 Å². The van der Waals surface area contributed by atoms with Crippen LogP contribution in [0.15, 0.2) is 46.2 Å². The summed E-state index contributed by atoms with van der Waals surface area (Å²) in [5.74, 6) is 8.68. The van der Waals surface area contributed by atoms with Crippen molar-refractivity contribution in [3.05, 3.63) is 52.5 Å². The second-order valence-electron chi connectivity index (χ2n) is 5.37. The van der Waals surface area contributed by atoms with Crippen LogP contribution in [-0.2, 0) is 0 Å². The molecule has 0 radical (unpaired) electrons. The molecule has 136 valence electrons. The average Bonchev–Trinajstić information content (AvgIpc) is 3.20. The highest BCUT2D eigenvalue weighted by molar-refractivity contribution is 7.99. The molecule has 10 heteroatoms. The Bertz CT molecular complexity index is 890. The van der Waals surface area contributed by atoms with Gasteiger partial charge in [0, 0.05) is 17.9 Å². The van der Waals surface area contributed by atoms with Crippen LogP contribution in [0.4, 0.5) is 5.69 Å². The lowest BCUT2D eigenvalue weighted by Gasteiger charge is -2.06. The lowest BCUT2D eigenvalue weighted by Crippen LogP contribution is -2.12. The van der Waals surface area contributed by atoms with Crippen molar-refractivity contribution in [3.63, 3.8) is 0 Å². The Morgan fingerprint density at radius 1 is 1.31 bits per heavy atom. The van der Waals surface area contributed by atoms with Crippen molar-refractivity contribution in [2.24, 2.45) is 0 Å². The highest BCUT2D eigenvalue weighted by atomic mass is 32.2. The molecule has 26 heavy (non-hydrogen) atoms. The Kier molecular flexibility index (Phi) is 5.42. The van der Waals surface area contributed by atoms with Crippen molar-refractivity contribution in [2.75, 3.05) is 18.2 Å². The second-order valence-corrected chi connectivity index (χ2v) is 6.43. The summed E-state index contributed by atoms with van der Waals surface area (Å²) in [6, 6.07) is 7.80. The highest BCUT2D eigenvalue weighted by Crippen LogP contribution is 2.25. The molecule has 0 aliphatic heterocycles. The quantitative estimate of drug-likeness (QED) is 0.210. The third-order valence-corrected chi connectivity index (χ3v) is 4.63. The molecule has 0 spiro atoms. The van der Waals surface area contributed by atoms with Gasteiger partial charge >= 0.3 is 0 Å². The summed E-state index contributed by atoms with van der Waals surface area (Å²) in [6.07, 6.45) is 2.34. The fourth-order valence-corrected chi connectivity index (χ4v) is 3.02. The van der Waals surface area contributed by atoms with Crippen LogP contribution in [0.1, 0.15) is 12.2 Å². The highest BCUT2D eigenvalue weighted by Gasteiger charge is 2.15. The predicted octanol–water partition coefficient (Wildman–Crippen LogP) is 3.03. The molecule has 0 aliphatic rings. The number of ether oxygens (including phenoxy) is 1. The van der Waals surface area contributed by atoms with E-state index in [4.69, 9.17) is 15.0 Å². The van der Waals surface area contributed by atoms with E-state index in [1.807, 2.05) is 6.92 Å². The third-order valence-electron chi connectivity index (χ3n) is 3.60. The van der Waals surface area contributed by atoms with Crippen molar-refractivity contribution in [1.29, 1.82) is 0 Å². The van der Waals surface area contributed by atoms with Gasteiger partial charge in [-0.25, -0.2) is 4.68 Å². The van der Waals surface area contributed by atoms with Gasteiger partial charge in [0.15, 0.2) is 5.82 Å². The minimum atomic E-state index is -0.442. The first kappa shape index (κ1) is 17.8. The largest absolute Gasteiger partial charge is 0.494 e. The number of rotatable bonds is 8. The molecule has 2 aromatic heterocycles. The van der Waals surface area contributed by atoms with Gasteiger partial charge in [0.25, 0.3) is 5.69 Å². The zero-order valence-electron chi connectivity index (χ0n) is 14.0. The van der Waals surface area contributed by atoms with Gasteiger partial charge < -0.3 is 15.0 Å². The van der Waals surface area contributed by atoms with Crippen LogP contribution in [0.5, 0.6) is 5.75 Å². The fraction of sp³-hybridized carbons (Fsp3) is 0.250. The Morgan fingerprint density at radius 3 is 2.73 bits per heavy atom. The number of benzene rings is 1. The zero-order valence-corrected chi connectivity index (χ0v) is 14.8. The van der Waals surface area contributed by atoms with Gasteiger partial charge in [-0.05, 0) is 31.5 Å². The number of nitro groups is 1. The minimum Gasteiger partial charge on any atom is -0.494 e. The van der Waals surface area contributed by atoms with Gasteiger partial charge in [0.05, 0.1) is 23.4 Å². The summed E-state index contributed by atoms with van der Waals surface area (Å²) in [6.45, 7) is 2.32. The van der Waals surface area contributed by atoms with Crippen LogP contribution in [0.3, 0.4) is 0 Å². The Labute approximate surface area is 153 Å². The monoisotopic (exact) mass is 375 g/mol. The van der Waals surface area contributed by atoms with E-state index in [1.54, 1.807) is 24.5 Å². The van der Waals surface area contributed by atoms with E-state index in [1.165, 1.54) is 28.6 Å². The first-order valence-electron chi connectivity index (χ1n) is 7.81. The number of aryl methyl sites for hydroxylation is 1. The second kappa shape index (κ2) is 7.91. The zero-order chi connectivity index (χ0) is 18.5. The van der Waals surface area contributed by atoms with Crippen LogP contribution in [0.25, 0.3) is 11.4 Å². The third kappa shape index (κ3) is 3.97. The minimum absolute atomic E-state index is 0.0406. The molecule has 0 saturated heterocycles. The summed E-state index contributed by atoms with van der Waals surface area (Å²) < 4.78 is 12.3. The number of non-ortho nitro benzene ring substituents is 1. The van der Waals surface area contributed by atoms with Crippen molar-refractivity contribution >= 4 is 17.4 Å². The normalized spacial score (nSPS) is 10.8. The molecular weight excluding hydrogens is 358 g/mol. The summed E-state index contributed by atoms with van der Waals surface area (Å²) >= 11 is 1.48. The summed E-state index contributed by atoms with van der Waals surface area (Å²) in [5, 5.41) is 19.4. The predicted molar refractivity (Wildman–Crippen MR) is 96.5 cm³/mol. The number of aromatic nitrogens is 3. The molecule has 0 saturated carbocycles. The van der Waals surface area contributed by atoms with Crippen LogP contribution in [-0.4, -0.2) is 32.2 Å². The molecule has 0 fully saturated rings. The molecule has 0 aliphatic carbocycles. The summed E-state index contributed by atoms with van der Waals surface area (Å²) in [7, 11) is 0. The lowest BCUT2D eigenvalue weighted by molar-refractivity contribution is -0.384. The van der Waals surface area contributed by atoms with Gasteiger partial charge in [-0.2, -0.15) is 0 Å². The summed E-state index contributed by atoms with van der Waals surface area (Å²) in [4.78, 5) is 10.2. The van der Waals surface area contributed by atoms with Crippen molar-refractivity contribution in [3.8, 4) is 17.1 Å². The maximum absolute atomic E-state index is 10.6. The molecule has 1 aromatic carbocycles. The SMILES string of the molecule is Cc1occc1-c1nnc(SCCCOc2ccc([N+](=O)[O-])cc2)n1N. The molecule has 9 nitrogen and oxygen atoms in total. The van der Waals surface area contributed by atoms with E-state index in [9.17, 15) is 10.1 Å². The maximum Gasteiger partial charge on any atom is 0.269 e. The molecule has 0 amide bonds. The van der Waals surface area contributed by atoms with Crippen molar-refractivity contribution in [1.82, 2.24) is 14.9 Å². The van der Waals surface area contributed by atoms with Crippen LogP contribution < -0.4 is 10.6 Å². The number of hydrogen-bond donors (Lipinski definition) is 1. The standard InChI is InChI=1S/C16H17N5O4S/c1-11-14(7-9-24-11)15-18-19-16(20(15)17)26-10-2-8-25-13-5-3-12(4-6-13)21(22)23/h3-7,9H,2,8,10,17H2,1H3. The number of thioether (sulfide) groups is 1. The number of nitro benzene ring substituents is 1. The molecule has 3 rings (SSSR count). The van der Waals surface area contributed by atoms with Gasteiger partial charge in [0.1, 0.15) is 11.5 Å². The summed E-state index contributed by atoms with van der Waals surface area (Å²) in [5.41, 5.74) is 0.854. The number of furan rings is 1. The van der Waals surface area contributed by atoms with E-state index in [0.29, 0.717) is 23.3 Å². The topological polar surface area (TPSA) is 122 Å². The number of nitrogen functional groups attached to an aromatic ring is 1. The molecule has 0 unspecified atom stereocenters. The molecule has 2 heterocycles. The Hall–Kier alpha value is -3.01. The smallest absolute Gasteiger partial charge is 0.269 e. The van der Waals surface area contributed by atoms with Crippen LogP contribution in [0, 0.1) is 17.0 Å². The lowest BCUT2D eigenvalue weighted by atomic mass is 10.2. The van der Waals surface area contributed by atoms with Crippen LogP contribution >= 0.6 is 11.8 Å². The Balaban J connectivity index is 1.46. The van der Waals surface area contributed by atoms with E-state index in [2.05, 4.69) is 10.2 Å². The van der Waals surface area contributed by atoms with Crippen molar-refractivity contribution in [2.45, 2.75) is 18.5 Å².